The standard InChI is InChI=1S/C20H25NO2/c1-21(17-10-6-3-7-11-17)20(22)15-13-18-12-14-19(23-18)16-8-4-2-5-9-16/h2,4-5,8-9,12,14,17H,3,6-7,10-11,13,15H2,1H3. The maximum atomic E-state index is 12.4. The lowest BCUT2D eigenvalue weighted by atomic mass is 9.94. The zero-order chi connectivity index (χ0) is 16.1. The summed E-state index contributed by atoms with van der Waals surface area (Å²) >= 11 is 0. The topological polar surface area (TPSA) is 33.5 Å². The molecule has 0 atom stereocenters. The molecule has 0 radical (unpaired) electrons. The number of benzene rings is 1. The highest BCUT2D eigenvalue weighted by Gasteiger charge is 2.21. The zero-order valence-corrected chi connectivity index (χ0v) is 13.8. The van der Waals surface area contributed by atoms with Gasteiger partial charge in [0.05, 0.1) is 0 Å². The number of carbonyl (C=O) groups is 1. The van der Waals surface area contributed by atoms with E-state index in [0.717, 1.165) is 29.9 Å². The molecule has 2 aromatic rings. The van der Waals surface area contributed by atoms with Gasteiger partial charge in [-0.3, -0.25) is 4.79 Å². The van der Waals surface area contributed by atoms with Crippen molar-refractivity contribution in [2.24, 2.45) is 0 Å². The van der Waals surface area contributed by atoms with Gasteiger partial charge in [-0.1, -0.05) is 49.6 Å². The number of carbonyl (C=O) groups excluding carboxylic acids is 1. The van der Waals surface area contributed by atoms with Crippen LogP contribution in [0.15, 0.2) is 46.9 Å². The van der Waals surface area contributed by atoms with Crippen LogP contribution in [-0.2, 0) is 11.2 Å². The summed E-state index contributed by atoms with van der Waals surface area (Å²) in [7, 11) is 1.95. The molecular weight excluding hydrogens is 286 g/mol. The Kier molecular flexibility index (Phi) is 5.16. The molecule has 1 amide bonds. The molecule has 0 bridgehead atoms. The average Bonchev–Trinajstić information content (AvgIpc) is 3.09. The lowest BCUT2D eigenvalue weighted by Gasteiger charge is -2.31. The Morgan fingerprint density at radius 2 is 1.83 bits per heavy atom. The first-order chi connectivity index (χ1) is 11.2. The van der Waals surface area contributed by atoms with E-state index >= 15 is 0 Å². The number of nitrogens with zero attached hydrogens (tertiary/aromatic N) is 1. The maximum absolute atomic E-state index is 12.4. The first-order valence-electron chi connectivity index (χ1n) is 8.64. The van der Waals surface area contributed by atoms with Gasteiger partial charge in [-0.15, -0.1) is 0 Å². The van der Waals surface area contributed by atoms with Crippen LogP contribution >= 0.6 is 0 Å². The van der Waals surface area contributed by atoms with E-state index < -0.39 is 0 Å². The smallest absolute Gasteiger partial charge is 0.223 e. The predicted octanol–water partition coefficient (Wildman–Crippen LogP) is 4.67. The summed E-state index contributed by atoms with van der Waals surface area (Å²) in [5.41, 5.74) is 1.07. The molecule has 0 aliphatic heterocycles. The quantitative estimate of drug-likeness (QED) is 0.804. The highest BCUT2D eigenvalue weighted by molar-refractivity contribution is 5.76. The predicted molar refractivity (Wildman–Crippen MR) is 92.1 cm³/mol. The van der Waals surface area contributed by atoms with Gasteiger partial charge < -0.3 is 9.32 Å². The summed E-state index contributed by atoms with van der Waals surface area (Å²) < 4.78 is 5.87. The number of aryl methyl sites for hydroxylation is 1. The van der Waals surface area contributed by atoms with Crippen LogP contribution in [0, 0.1) is 0 Å². The molecule has 0 saturated heterocycles. The Balaban J connectivity index is 1.54. The minimum absolute atomic E-state index is 0.231. The number of hydrogen-bond acceptors (Lipinski definition) is 2. The van der Waals surface area contributed by atoms with Crippen LogP contribution in [0.25, 0.3) is 11.3 Å². The van der Waals surface area contributed by atoms with Crippen molar-refractivity contribution >= 4 is 5.91 Å². The molecule has 1 aromatic carbocycles. The molecule has 1 heterocycles. The first-order valence-corrected chi connectivity index (χ1v) is 8.64. The van der Waals surface area contributed by atoms with Crippen LogP contribution < -0.4 is 0 Å². The van der Waals surface area contributed by atoms with Gasteiger partial charge in [0.2, 0.25) is 5.91 Å². The van der Waals surface area contributed by atoms with Gasteiger partial charge >= 0.3 is 0 Å². The van der Waals surface area contributed by atoms with Crippen molar-refractivity contribution in [1.29, 1.82) is 0 Å². The average molecular weight is 311 g/mol. The van der Waals surface area contributed by atoms with Crippen LogP contribution in [0.1, 0.15) is 44.3 Å². The van der Waals surface area contributed by atoms with Crippen LogP contribution in [0.4, 0.5) is 0 Å². The van der Waals surface area contributed by atoms with Gasteiger partial charge in [0, 0.05) is 31.5 Å². The fraction of sp³-hybridized carbons (Fsp3) is 0.450. The molecule has 1 aromatic heterocycles. The lowest BCUT2D eigenvalue weighted by Crippen LogP contribution is -2.38. The third kappa shape index (κ3) is 4.04. The van der Waals surface area contributed by atoms with Crippen LogP contribution in [0.5, 0.6) is 0 Å². The van der Waals surface area contributed by atoms with Gasteiger partial charge in [-0.05, 0) is 25.0 Å². The van der Waals surface area contributed by atoms with E-state index in [-0.39, 0.29) is 5.91 Å². The SMILES string of the molecule is CN(C(=O)CCc1ccc(-c2ccccc2)o1)C1CCCCC1. The van der Waals surface area contributed by atoms with Crippen molar-refractivity contribution < 1.29 is 9.21 Å². The van der Waals surface area contributed by atoms with E-state index in [1.165, 1.54) is 19.3 Å². The van der Waals surface area contributed by atoms with Gasteiger partial charge in [-0.25, -0.2) is 0 Å². The monoisotopic (exact) mass is 311 g/mol. The number of hydrogen-bond donors (Lipinski definition) is 0. The molecule has 1 saturated carbocycles. The van der Waals surface area contributed by atoms with Crippen molar-refractivity contribution in [2.75, 3.05) is 7.05 Å². The summed E-state index contributed by atoms with van der Waals surface area (Å²) in [6.45, 7) is 0. The minimum Gasteiger partial charge on any atom is -0.461 e. The number of amides is 1. The highest BCUT2D eigenvalue weighted by Crippen LogP contribution is 2.24. The second-order valence-electron chi connectivity index (χ2n) is 6.43. The largest absolute Gasteiger partial charge is 0.461 e. The summed E-state index contributed by atoms with van der Waals surface area (Å²) in [4.78, 5) is 14.3. The Bertz CT molecular complexity index is 626. The molecule has 3 rings (SSSR count). The molecule has 23 heavy (non-hydrogen) atoms. The number of rotatable bonds is 5. The first kappa shape index (κ1) is 15.9. The van der Waals surface area contributed by atoms with Gasteiger partial charge in [0.1, 0.15) is 11.5 Å². The molecule has 1 aliphatic rings. The Morgan fingerprint density at radius 3 is 2.57 bits per heavy atom. The van der Waals surface area contributed by atoms with E-state index in [2.05, 4.69) is 0 Å². The third-order valence-corrected chi connectivity index (χ3v) is 4.82. The summed E-state index contributed by atoms with van der Waals surface area (Å²) in [6.07, 6.45) is 7.31. The van der Waals surface area contributed by atoms with E-state index in [1.54, 1.807) is 0 Å². The third-order valence-electron chi connectivity index (χ3n) is 4.82. The van der Waals surface area contributed by atoms with E-state index in [0.29, 0.717) is 18.9 Å². The molecule has 3 heteroatoms. The van der Waals surface area contributed by atoms with E-state index in [1.807, 2.05) is 54.4 Å². The normalized spacial score (nSPS) is 15.5. The molecule has 122 valence electrons. The maximum Gasteiger partial charge on any atom is 0.223 e. The van der Waals surface area contributed by atoms with Crippen molar-refractivity contribution in [1.82, 2.24) is 4.90 Å². The van der Waals surface area contributed by atoms with Crippen molar-refractivity contribution in [3.05, 3.63) is 48.2 Å². The van der Waals surface area contributed by atoms with E-state index in [4.69, 9.17) is 4.42 Å². The number of furan rings is 1. The summed E-state index contributed by atoms with van der Waals surface area (Å²) in [5, 5.41) is 0. The minimum atomic E-state index is 0.231. The fourth-order valence-corrected chi connectivity index (χ4v) is 3.35. The molecule has 3 nitrogen and oxygen atoms in total. The Hall–Kier alpha value is -2.03. The van der Waals surface area contributed by atoms with Crippen molar-refractivity contribution in [3.63, 3.8) is 0 Å². The Labute approximate surface area is 138 Å². The molecule has 0 unspecified atom stereocenters. The summed E-state index contributed by atoms with van der Waals surface area (Å²) in [6, 6.07) is 14.5. The lowest BCUT2D eigenvalue weighted by molar-refractivity contribution is -0.132. The fourth-order valence-electron chi connectivity index (χ4n) is 3.35. The highest BCUT2D eigenvalue weighted by atomic mass is 16.3. The van der Waals surface area contributed by atoms with Crippen molar-refractivity contribution in [3.8, 4) is 11.3 Å². The van der Waals surface area contributed by atoms with Gasteiger partial charge in [0.15, 0.2) is 0 Å². The molecule has 1 fully saturated rings. The second kappa shape index (κ2) is 7.49. The molecule has 0 spiro atoms. The van der Waals surface area contributed by atoms with E-state index in [9.17, 15) is 4.79 Å². The molecular formula is C20H25NO2. The Morgan fingerprint density at radius 1 is 1.09 bits per heavy atom. The molecule has 0 N–H and O–H groups in total. The second-order valence-corrected chi connectivity index (χ2v) is 6.43. The van der Waals surface area contributed by atoms with Gasteiger partial charge in [0.25, 0.3) is 0 Å². The van der Waals surface area contributed by atoms with Gasteiger partial charge in [-0.2, -0.15) is 0 Å². The summed E-state index contributed by atoms with van der Waals surface area (Å²) in [5.74, 6) is 1.98. The zero-order valence-electron chi connectivity index (χ0n) is 13.8. The van der Waals surface area contributed by atoms with Crippen molar-refractivity contribution in [2.45, 2.75) is 51.0 Å². The molecule has 1 aliphatic carbocycles. The van der Waals surface area contributed by atoms with Crippen LogP contribution in [0.3, 0.4) is 0 Å². The van der Waals surface area contributed by atoms with Crippen LogP contribution in [-0.4, -0.2) is 23.9 Å². The van der Waals surface area contributed by atoms with Crippen LogP contribution in [0.2, 0.25) is 0 Å².